The number of likely N-dealkylation sites (N-methyl/N-ethyl adjacent to an activating group) is 1. The molecule has 1 aromatic heterocycles. The van der Waals surface area contributed by atoms with Gasteiger partial charge in [0.1, 0.15) is 4.66 Å². The lowest BCUT2D eigenvalue weighted by atomic mass is 9.91. The van der Waals surface area contributed by atoms with Crippen molar-refractivity contribution in [2.24, 2.45) is 12.5 Å². The van der Waals surface area contributed by atoms with Gasteiger partial charge in [0, 0.05) is 25.1 Å². The number of Topliss-reactive ketones (excluding diaryl/α,β-unsaturated/α-hetero) is 1. The molecule has 0 atom stereocenters. The van der Waals surface area contributed by atoms with Crippen LogP contribution in [0.3, 0.4) is 0 Å². The third-order valence-electron chi connectivity index (χ3n) is 4.27. The van der Waals surface area contributed by atoms with Crippen LogP contribution in [0.1, 0.15) is 33.3 Å². The number of methoxy groups -OCH3 is 1. The van der Waals surface area contributed by atoms with E-state index in [1.165, 1.54) is 29.1 Å². The zero-order valence-electron chi connectivity index (χ0n) is 18.2. The lowest BCUT2D eigenvalue weighted by Crippen LogP contribution is -2.30. The largest absolute Gasteiger partial charge is 0.493 e. The fraction of sp³-hybridized carbons (Fsp3) is 0.409. The van der Waals surface area contributed by atoms with E-state index in [2.05, 4.69) is 5.32 Å². The van der Waals surface area contributed by atoms with Crippen LogP contribution in [0, 0.1) is 5.41 Å². The molecule has 1 N–H and O–H groups in total. The van der Waals surface area contributed by atoms with Gasteiger partial charge < -0.3 is 19.4 Å². The number of carbonyl (C=O) groups is 2. The lowest BCUT2D eigenvalue weighted by molar-refractivity contribution is -0.123. The predicted molar refractivity (Wildman–Crippen MR) is 118 cm³/mol. The Balaban J connectivity index is 2.38. The molecule has 7 nitrogen and oxygen atoms in total. The van der Waals surface area contributed by atoms with Crippen LogP contribution in [-0.4, -0.2) is 36.5 Å². The quantitative estimate of drug-likeness (QED) is 0.710. The molecular weight excluding hydrogens is 404 g/mol. The van der Waals surface area contributed by atoms with E-state index in [9.17, 15) is 14.4 Å². The lowest BCUT2D eigenvalue weighted by Gasteiger charge is -2.12. The van der Waals surface area contributed by atoms with E-state index in [1.54, 1.807) is 31.3 Å². The predicted octanol–water partition coefficient (Wildman–Crippen LogP) is 1.19. The summed E-state index contributed by atoms with van der Waals surface area (Å²) in [5.74, 6) is 0.632. The molecule has 0 bridgehead atoms. The molecule has 2 rings (SSSR count). The van der Waals surface area contributed by atoms with Gasteiger partial charge in [-0.2, -0.15) is 0 Å². The molecule has 0 aliphatic heterocycles. The number of amides is 1. The number of aromatic nitrogens is 1. The summed E-state index contributed by atoms with van der Waals surface area (Å²) in [5, 5.41) is 2.66. The van der Waals surface area contributed by atoms with Crippen molar-refractivity contribution in [3.05, 3.63) is 43.3 Å². The van der Waals surface area contributed by atoms with E-state index < -0.39 is 5.41 Å². The highest BCUT2D eigenvalue weighted by molar-refractivity contribution is 7.07. The highest BCUT2D eigenvalue weighted by atomic mass is 32.1. The van der Waals surface area contributed by atoms with Crippen LogP contribution in [0.15, 0.2) is 23.0 Å². The van der Waals surface area contributed by atoms with Crippen molar-refractivity contribution in [2.75, 3.05) is 20.3 Å². The van der Waals surface area contributed by atoms with Gasteiger partial charge in [-0.3, -0.25) is 14.4 Å². The first-order valence-corrected chi connectivity index (χ1v) is 10.4. The fourth-order valence-electron chi connectivity index (χ4n) is 2.47. The van der Waals surface area contributed by atoms with Crippen molar-refractivity contribution in [1.82, 2.24) is 9.88 Å². The minimum atomic E-state index is -0.513. The van der Waals surface area contributed by atoms with Crippen molar-refractivity contribution >= 4 is 35.2 Å². The topological polar surface area (TPSA) is 86.6 Å². The number of hydrogen-bond acceptors (Lipinski definition) is 6. The van der Waals surface area contributed by atoms with Crippen LogP contribution in [0.4, 0.5) is 0 Å². The summed E-state index contributed by atoms with van der Waals surface area (Å²) in [6.45, 7) is 7.77. The van der Waals surface area contributed by atoms with E-state index in [1.807, 2.05) is 27.7 Å². The first kappa shape index (κ1) is 23.4. The summed E-state index contributed by atoms with van der Waals surface area (Å²) in [6.07, 6.45) is 3.25. The molecule has 0 fully saturated rings. The number of hydrogen-bond donors (Lipinski definition) is 1. The van der Waals surface area contributed by atoms with Gasteiger partial charge in [0.25, 0.3) is 11.5 Å². The van der Waals surface area contributed by atoms with E-state index >= 15 is 0 Å². The summed E-state index contributed by atoms with van der Waals surface area (Å²) in [7, 11) is 3.16. The summed E-state index contributed by atoms with van der Waals surface area (Å²) in [6, 6.07) is 5.20. The second-order valence-corrected chi connectivity index (χ2v) is 8.79. The van der Waals surface area contributed by atoms with Crippen molar-refractivity contribution in [1.29, 1.82) is 0 Å². The van der Waals surface area contributed by atoms with Gasteiger partial charge in [-0.15, -0.1) is 11.3 Å². The summed E-state index contributed by atoms with van der Waals surface area (Å²) in [5.41, 5.74) is 0.0505. The molecule has 1 aromatic carbocycles. The zero-order valence-corrected chi connectivity index (χ0v) is 19.0. The van der Waals surface area contributed by atoms with Gasteiger partial charge in [-0.1, -0.05) is 26.8 Å². The standard InChI is InChI=1S/C22H28N2O5S/c1-7-23-19(26)13-29-15-9-8-14(10-16(15)28-6)11-17-21(27)24(5)20(30-17)12-18(25)22(2,3)4/h8-12H,7,13H2,1-6H3,(H,23,26)/b17-11-,20-12-. The van der Waals surface area contributed by atoms with Crippen molar-refractivity contribution < 1.29 is 19.1 Å². The number of ketones is 1. The maximum atomic E-state index is 12.6. The van der Waals surface area contributed by atoms with Crippen LogP contribution in [0.5, 0.6) is 11.5 Å². The Morgan fingerprint density at radius 1 is 1.23 bits per heavy atom. The molecule has 0 unspecified atom stereocenters. The molecular formula is C22H28N2O5S. The van der Waals surface area contributed by atoms with Crippen LogP contribution < -0.4 is 29.5 Å². The first-order valence-electron chi connectivity index (χ1n) is 9.58. The van der Waals surface area contributed by atoms with Crippen molar-refractivity contribution in [3.63, 3.8) is 0 Å². The van der Waals surface area contributed by atoms with Crippen LogP contribution >= 0.6 is 11.3 Å². The number of ether oxygens (including phenoxy) is 2. The molecule has 0 aliphatic carbocycles. The van der Waals surface area contributed by atoms with Crippen molar-refractivity contribution in [2.45, 2.75) is 27.7 Å². The Morgan fingerprint density at radius 2 is 1.93 bits per heavy atom. The highest BCUT2D eigenvalue weighted by Gasteiger charge is 2.19. The van der Waals surface area contributed by atoms with E-state index in [4.69, 9.17) is 9.47 Å². The SMILES string of the molecule is CCNC(=O)COc1ccc(/C=c2\s/c(=C\C(=O)C(C)(C)C)n(C)c2=O)cc1OC. The number of rotatable bonds is 7. The molecule has 0 radical (unpaired) electrons. The normalized spacial score (nSPS) is 12.7. The minimum absolute atomic E-state index is 0.0406. The Labute approximate surface area is 179 Å². The van der Waals surface area contributed by atoms with E-state index in [-0.39, 0.29) is 23.9 Å². The zero-order chi connectivity index (χ0) is 22.5. The maximum absolute atomic E-state index is 12.6. The third kappa shape index (κ3) is 5.82. The first-order chi connectivity index (χ1) is 14.1. The van der Waals surface area contributed by atoms with E-state index in [0.29, 0.717) is 27.2 Å². The van der Waals surface area contributed by atoms with Crippen molar-refractivity contribution in [3.8, 4) is 11.5 Å². The number of thiazole rings is 1. The van der Waals surface area contributed by atoms with Crippen LogP contribution in [0.25, 0.3) is 12.2 Å². The van der Waals surface area contributed by atoms with Gasteiger partial charge in [-0.05, 0) is 30.7 Å². The molecule has 30 heavy (non-hydrogen) atoms. The number of benzene rings is 1. The number of nitrogens with zero attached hydrogens (tertiary/aromatic N) is 1. The highest BCUT2D eigenvalue weighted by Crippen LogP contribution is 2.28. The van der Waals surface area contributed by atoms with Gasteiger partial charge >= 0.3 is 0 Å². The molecule has 2 aromatic rings. The smallest absolute Gasteiger partial charge is 0.268 e. The number of nitrogens with one attached hydrogen (secondary N) is 1. The molecule has 0 saturated heterocycles. The van der Waals surface area contributed by atoms with Gasteiger partial charge in [0.05, 0.1) is 11.6 Å². The maximum Gasteiger partial charge on any atom is 0.268 e. The summed E-state index contributed by atoms with van der Waals surface area (Å²) in [4.78, 5) is 36.5. The van der Waals surface area contributed by atoms with Gasteiger partial charge in [0.15, 0.2) is 23.9 Å². The molecule has 162 valence electrons. The monoisotopic (exact) mass is 432 g/mol. The molecule has 1 amide bonds. The van der Waals surface area contributed by atoms with Gasteiger partial charge in [-0.25, -0.2) is 0 Å². The average Bonchev–Trinajstić information content (AvgIpc) is 2.94. The summed E-state index contributed by atoms with van der Waals surface area (Å²) >= 11 is 1.26. The fourth-order valence-corrected chi connectivity index (χ4v) is 3.50. The molecule has 0 spiro atoms. The van der Waals surface area contributed by atoms with E-state index in [0.717, 1.165) is 5.56 Å². The minimum Gasteiger partial charge on any atom is -0.493 e. The second kappa shape index (κ2) is 9.75. The Kier molecular flexibility index (Phi) is 7.61. The second-order valence-electron chi connectivity index (χ2n) is 7.72. The third-order valence-corrected chi connectivity index (χ3v) is 5.39. The Bertz CT molecular complexity index is 1110. The van der Waals surface area contributed by atoms with Crippen LogP contribution in [0.2, 0.25) is 0 Å². The van der Waals surface area contributed by atoms with Crippen LogP contribution in [-0.2, 0) is 16.6 Å². The molecule has 1 heterocycles. The average molecular weight is 433 g/mol. The molecule has 8 heteroatoms. The number of carbonyl (C=O) groups excluding carboxylic acids is 2. The van der Waals surface area contributed by atoms with Gasteiger partial charge in [0.2, 0.25) is 0 Å². The Morgan fingerprint density at radius 3 is 2.53 bits per heavy atom. The summed E-state index contributed by atoms with van der Waals surface area (Å²) < 4.78 is 13.4. The molecule has 0 aliphatic rings. The molecule has 0 saturated carbocycles. The Hall–Kier alpha value is -2.87.